The predicted octanol–water partition coefficient (Wildman–Crippen LogP) is 17.4. The van der Waals surface area contributed by atoms with E-state index >= 15 is 0 Å². The van der Waals surface area contributed by atoms with Crippen LogP contribution in [0.3, 0.4) is 0 Å². The molecule has 60 heavy (non-hydrogen) atoms. The van der Waals surface area contributed by atoms with Crippen molar-refractivity contribution in [2.24, 2.45) is 5.41 Å². The Morgan fingerprint density at radius 2 is 0.517 bits per heavy atom. The first-order chi connectivity index (χ1) is 29.1. The Balaban J connectivity index is 4.11. The molecule has 8 heteroatoms. The summed E-state index contributed by atoms with van der Waals surface area (Å²) in [6, 6.07) is 0. The van der Waals surface area contributed by atoms with Crippen molar-refractivity contribution in [2.75, 3.05) is 0 Å². The summed E-state index contributed by atoms with van der Waals surface area (Å²) in [7, 11) is -5.10. The van der Waals surface area contributed by atoms with E-state index in [0.29, 0.717) is 12.8 Å². The van der Waals surface area contributed by atoms with Crippen LogP contribution in [0.15, 0.2) is 0 Å². The maximum Gasteiger partial charge on any atom is 0.325 e. The number of carbonyl (C=O) groups is 2. The molecule has 0 bridgehead atoms. The first-order valence-corrected chi connectivity index (χ1v) is 28.1. The Morgan fingerprint density at radius 1 is 0.350 bits per heavy atom. The summed E-state index contributed by atoms with van der Waals surface area (Å²) in [5.74, 6) is -3.21. The fourth-order valence-electron chi connectivity index (χ4n) is 9.46. The highest BCUT2D eigenvalue weighted by molar-refractivity contribution is 7.87. The van der Waals surface area contributed by atoms with Crippen molar-refractivity contribution in [1.82, 2.24) is 0 Å². The molecule has 3 N–H and O–H groups in total. The molecule has 0 amide bonds. The fraction of sp³-hybridized carbons (Fsp3) is 0.962. The first-order valence-electron chi connectivity index (χ1n) is 26.6. The van der Waals surface area contributed by atoms with Gasteiger partial charge in [-0.05, 0) is 12.8 Å². The van der Waals surface area contributed by atoms with Gasteiger partial charge in [0.25, 0.3) is 10.1 Å². The Bertz CT molecular complexity index is 997. The molecule has 0 spiro atoms. The normalized spacial score (nSPS) is 12.7. The molecule has 1 atom stereocenters. The zero-order chi connectivity index (χ0) is 44.3. The van der Waals surface area contributed by atoms with Crippen LogP contribution in [0.25, 0.3) is 0 Å². The Hall–Kier alpha value is -1.15. The molecular formula is C52H102O7S. The highest BCUT2D eigenvalue weighted by Gasteiger charge is 2.55. The van der Waals surface area contributed by atoms with Gasteiger partial charge in [-0.2, -0.15) is 8.42 Å². The summed E-state index contributed by atoms with van der Waals surface area (Å²) >= 11 is 0. The molecule has 7 nitrogen and oxygen atoms in total. The van der Waals surface area contributed by atoms with Crippen LogP contribution in [-0.2, 0) is 19.7 Å². The van der Waals surface area contributed by atoms with Crippen LogP contribution >= 0.6 is 0 Å². The second kappa shape index (κ2) is 43.1. The van der Waals surface area contributed by atoms with Crippen molar-refractivity contribution in [3.8, 4) is 0 Å². The van der Waals surface area contributed by atoms with Crippen LogP contribution in [0.4, 0.5) is 0 Å². The third-order valence-electron chi connectivity index (χ3n) is 13.4. The van der Waals surface area contributed by atoms with Gasteiger partial charge in [-0.15, -0.1) is 0 Å². The second-order valence-corrected chi connectivity index (χ2v) is 20.5. The second-order valence-electron chi connectivity index (χ2n) is 19.0. The van der Waals surface area contributed by atoms with E-state index in [4.69, 9.17) is 0 Å². The van der Waals surface area contributed by atoms with Gasteiger partial charge in [0.1, 0.15) is 0 Å². The third kappa shape index (κ3) is 35.3. The summed E-state index contributed by atoms with van der Waals surface area (Å²) in [6.07, 6.45) is 54.5. The number of unbranched alkanes of at least 4 members (excludes halogenated alkanes) is 42. The van der Waals surface area contributed by atoms with Gasteiger partial charge in [0.05, 0.1) is 5.41 Å². The van der Waals surface area contributed by atoms with Crippen LogP contribution in [-0.4, -0.2) is 40.4 Å². The van der Waals surface area contributed by atoms with Crippen molar-refractivity contribution in [3.63, 3.8) is 0 Å². The fourth-order valence-corrected chi connectivity index (χ4v) is 10.6. The monoisotopic (exact) mass is 871 g/mol. The van der Waals surface area contributed by atoms with Gasteiger partial charge >= 0.3 is 11.9 Å². The zero-order valence-corrected chi connectivity index (χ0v) is 40.8. The minimum Gasteiger partial charge on any atom is -0.481 e. The zero-order valence-electron chi connectivity index (χ0n) is 40.0. The van der Waals surface area contributed by atoms with Crippen LogP contribution in [0.5, 0.6) is 0 Å². The molecule has 0 aliphatic heterocycles. The average molecular weight is 871 g/mol. The van der Waals surface area contributed by atoms with Gasteiger partial charge in [0.2, 0.25) is 0 Å². The highest BCUT2D eigenvalue weighted by Crippen LogP contribution is 2.40. The summed E-state index contributed by atoms with van der Waals surface area (Å²) in [6.45, 7) is 4.55. The summed E-state index contributed by atoms with van der Waals surface area (Å²) in [5.41, 5.74) is -2.03. The number of rotatable bonds is 50. The van der Waals surface area contributed by atoms with E-state index in [0.717, 1.165) is 51.4 Å². The van der Waals surface area contributed by atoms with Crippen LogP contribution < -0.4 is 0 Å². The van der Waals surface area contributed by atoms with E-state index in [9.17, 15) is 32.8 Å². The third-order valence-corrected chi connectivity index (χ3v) is 14.7. The van der Waals surface area contributed by atoms with Crippen LogP contribution in [0.1, 0.15) is 309 Å². The van der Waals surface area contributed by atoms with Gasteiger partial charge in [-0.3, -0.25) is 14.1 Å². The lowest BCUT2D eigenvalue weighted by Gasteiger charge is -2.33. The lowest BCUT2D eigenvalue weighted by molar-refractivity contribution is -0.156. The van der Waals surface area contributed by atoms with E-state index in [1.165, 1.54) is 218 Å². The highest BCUT2D eigenvalue weighted by atomic mass is 32.2. The summed E-state index contributed by atoms with van der Waals surface area (Å²) in [4.78, 5) is 24.8. The Labute approximate surface area is 373 Å². The Kier molecular flexibility index (Phi) is 42.3. The SMILES string of the molecule is CCCCCCCCCCCCCCCCCCCCCCCCC(CCCCCCCCCCCCCCCCCCCCCCCC)(C(=O)O)C(C(=O)O)S(=O)(=O)O. The molecule has 0 saturated heterocycles. The molecule has 0 aromatic heterocycles. The van der Waals surface area contributed by atoms with Crippen molar-refractivity contribution < 1.29 is 32.8 Å². The quantitative estimate of drug-likeness (QED) is 0.0410. The predicted molar refractivity (Wildman–Crippen MR) is 257 cm³/mol. The maximum atomic E-state index is 12.7. The molecular weight excluding hydrogens is 769 g/mol. The summed E-state index contributed by atoms with van der Waals surface area (Å²) in [5, 5.41) is 17.8. The number of hydrogen-bond acceptors (Lipinski definition) is 4. The molecule has 0 saturated carbocycles. The Morgan fingerprint density at radius 3 is 0.650 bits per heavy atom. The van der Waals surface area contributed by atoms with E-state index in [2.05, 4.69) is 13.8 Å². The van der Waals surface area contributed by atoms with Gasteiger partial charge in [0, 0.05) is 0 Å². The van der Waals surface area contributed by atoms with Gasteiger partial charge in [0.15, 0.2) is 5.25 Å². The van der Waals surface area contributed by atoms with Gasteiger partial charge < -0.3 is 10.2 Å². The number of hydrogen-bond donors (Lipinski definition) is 3. The van der Waals surface area contributed by atoms with Crippen molar-refractivity contribution in [2.45, 2.75) is 314 Å². The molecule has 0 aliphatic carbocycles. The molecule has 0 aromatic carbocycles. The number of carboxylic acid groups (broad SMARTS) is 2. The van der Waals surface area contributed by atoms with Crippen molar-refractivity contribution in [3.05, 3.63) is 0 Å². The largest absolute Gasteiger partial charge is 0.481 e. The maximum absolute atomic E-state index is 12.7. The molecule has 0 radical (unpaired) electrons. The smallest absolute Gasteiger partial charge is 0.325 e. The molecule has 0 rings (SSSR count). The van der Waals surface area contributed by atoms with Crippen LogP contribution in [0, 0.1) is 5.41 Å². The standard InChI is InChI=1S/C52H102O7S/c1-3-5-7-9-11-13-15-17-19-21-23-25-27-29-31-33-35-37-39-41-43-45-47-52(51(55)56,49(50(53)54)60(57,58)59)48-46-44-42-40-38-36-34-32-30-28-26-24-22-20-18-16-14-12-10-8-6-4-2/h49H,3-48H2,1-2H3,(H,53,54)(H,55,56)(H,57,58,59). The van der Waals surface area contributed by atoms with E-state index in [1.54, 1.807) is 0 Å². The molecule has 358 valence electrons. The van der Waals surface area contributed by atoms with E-state index < -0.39 is 32.7 Å². The lowest BCUT2D eigenvalue weighted by Crippen LogP contribution is -2.51. The summed E-state index contributed by atoms with van der Waals surface area (Å²) < 4.78 is 34.5. The van der Waals surface area contributed by atoms with Crippen molar-refractivity contribution >= 4 is 22.1 Å². The lowest BCUT2D eigenvalue weighted by atomic mass is 9.74. The molecule has 0 aliphatic rings. The average Bonchev–Trinajstić information content (AvgIpc) is 3.20. The minimum absolute atomic E-state index is 0.0581. The number of aliphatic carboxylic acids is 2. The van der Waals surface area contributed by atoms with Gasteiger partial charge in [-0.25, -0.2) is 0 Å². The molecule has 0 fully saturated rings. The molecule has 0 aromatic rings. The van der Waals surface area contributed by atoms with Crippen LogP contribution in [0.2, 0.25) is 0 Å². The van der Waals surface area contributed by atoms with E-state index in [-0.39, 0.29) is 12.8 Å². The molecule has 0 heterocycles. The minimum atomic E-state index is -5.10. The molecule has 1 unspecified atom stereocenters. The first kappa shape index (κ1) is 58.9. The number of carboxylic acids is 2. The van der Waals surface area contributed by atoms with E-state index in [1.807, 2.05) is 0 Å². The topological polar surface area (TPSA) is 129 Å². The van der Waals surface area contributed by atoms with Gasteiger partial charge in [-0.1, -0.05) is 296 Å². The van der Waals surface area contributed by atoms with Crippen molar-refractivity contribution in [1.29, 1.82) is 0 Å².